The number of aromatic nitrogens is 1. The van der Waals surface area contributed by atoms with Crippen molar-refractivity contribution in [1.82, 2.24) is 8.69 Å². The minimum Gasteiger partial charge on any atom is -0.377 e. The molecular formula is C15H18N2O5S2. The van der Waals surface area contributed by atoms with Crippen molar-refractivity contribution in [3.8, 4) is 0 Å². The van der Waals surface area contributed by atoms with E-state index in [2.05, 4.69) is 4.72 Å². The van der Waals surface area contributed by atoms with E-state index >= 15 is 0 Å². The molecule has 3 rings (SSSR count). The zero-order valence-electron chi connectivity index (χ0n) is 12.8. The van der Waals surface area contributed by atoms with Gasteiger partial charge in [-0.25, -0.2) is 25.5 Å². The van der Waals surface area contributed by atoms with E-state index < -0.39 is 20.0 Å². The molecular weight excluding hydrogens is 352 g/mol. The summed E-state index contributed by atoms with van der Waals surface area (Å²) in [4.78, 5) is -0.00290. The monoisotopic (exact) mass is 370 g/mol. The van der Waals surface area contributed by atoms with Gasteiger partial charge in [-0.3, -0.25) is 0 Å². The Kier molecular flexibility index (Phi) is 4.77. The van der Waals surface area contributed by atoms with Gasteiger partial charge in [0.05, 0.1) is 11.0 Å². The molecule has 0 spiro atoms. The third-order valence-corrected chi connectivity index (χ3v) is 6.85. The molecule has 130 valence electrons. The van der Waals surface area contributed by atoms with Crippen molar-refractivity contribution in [3.63, 3.8) is 0 Å². The fourth-order valence-electron chi connectivity index (χ4n) is 2.47. The van der Waals surface area contributed by atoms with Gasteiger partial charge in [0, 0.05) is 25.5 Å². The highest BCUT2D eigenvalue weighted by molar-refractivity contribution is 7.90. The average molecular weight is 370 g/mol. The summed E-state index contributed by atoms with van der Waals surface area (Å²) in [6, 6.07) is 9.10. The van der Waals surface area contributed by atoms with Crippen LogP contribution in [0.4, 0.5) is 0 Å². The SMILES string of the molecule is O=S(=O)(NCC1CCCO1)c1ccn(S(=O)(=O)c2ccccc2)c1. The maximum atomic E-state index is 12.5. The standard InChI is InChI=1S/C15H18N2O5S2/c18-23(19,16-11-13-5-4-10-22-13)15-8-9-17(12-15)24(20,21)14-6-2-1-3-7-14/h1-3,6-9,12-13,16H,4-5,10-11H2. The Morgan fingerprint density at radius 2 is 1.83 bits per heavy atom. The van der Waals surface area contributed by atoms with E-state index in [9.17, 15) is 16.8 Å². The summed E-state index contributed by atoms with van der Waals surface area (Å²) in [5, 5.41) is 0. The van der Waals surface area contributed by atoms with Gasteiger partial charge in [0.25, 0.3) is 10.0 Å². The Hall–Kier alpha value is -1.68. The van der Waals surface area contributed by atoms with Crippen molar-refractivity contribution in [2.75, 3.05) is 13.2 Å². The van der Waals surface area contributed by atoms with E-state index in [-0.39, 0.29) is 22.4 Å². The molecule has 1 unspecified atom stereocenters. The van der Waals surface area contributed by atoms with Crippen LogP contribution in [0.15, 0.2) is 58.6 Å². The van der Waals surface area contributed by atoms with E-state index in [4.69, 9.17) is 4.74 Å². The summed E-state index contributed by atoms with van der Waals surface area (Å²) in [6.45, 7) is 0.817. The van der Waals surface area contributed by atoms with Crippen molar-refractivity contribution in [2.24, 2.45) is 0 Å². The first-order chi connectivity index (χ1) is 11.4. The summed E-state index contributed by atoms with van der Waals surface area (Å²) >= 11 is 0. The zero-order valence-corrected chi connectivity index (χ0v) is 14.5. The highest BCUT2D eigenvalue weighted by atomic mass is 32.2. The summed E-state index contributed by atoms with van der Waals surface area (Å²) in [5.41, 5.74) is 0. The molecule has 9 heteroatoms. The van der Waals surface area contributed by atoms with Crippen molar-refractivity contribution in [1.29, 1.82) is 0 Å². The zero-order chi connectivity index (χ0) is 17.2. The third kappa shape index (κ3) is 3.54. The molecule has 7 nitrogen and oxygen atoms in total. The average Bonchev–Trinajstić information content (AvgIpc) is 3.26. The van der Waals surface area contributed by atoms with Gasteiger partial charge in [-0.15, -0.1) is 0 Å². The molecule has 0 amide bonds. The second-order valence-corrected chi connectivity index (χ2v) is 9.09. The lowest BCUT2D eigenvalue weighted by Crippen LogP contribution is -2.31. The largest absolute Gasteiger partial charge is 0.377 e. The number of hydrogen-bond acceptors (Lipinski definition) is 5. The number of nitrogens with one attached hydrogen (secondary N) is 1. The molecule has 2 heterocycles. The number of benzene rings is 1. The number of sulfonamides is 1. The molecule has 24 heavy (non-hydrogen) atoms. The molecule has 1 fully saturated rings. The Labute approximate surface area is 141 Å². The molecule has 1 aliphatic heterocycles. The van der Waals surface area contributed by atoms with Crippen LogP contribution >= 0.6 is 0 Å². The predicted molar refractivity (Wildman–Crippen MR) is 87.6 cm³/mol. The van der Waals surface area contributed by atoms with E-state index in [1.165, 1.54) is 24.4 Å². The van der Waals surface area contributed by atoms with Crippen LogP contribution in [0, 0.1) is 0 Å². The maximum Gasteiger partial charge on any atom is 0.267 e. The molecule has 1 atom stereocenters. The van der Waals surface area contributed by atoms with Crippen LogP contribution in [0.1, 0.15) is 12.8 Å². The molecule has 0 aliphatic carbocycles. The number of nitrogens with zero attached hydrogens (tertiary/aromatic N) is 1. The fraction of sp³-hybridized carbons (Fsp3) is 0.333. The highest BCUT2D eigenvalue weighted by Gasteiger charge is 2.23. The van der Waals surface area contributed by atoms with Gasteiger partial charge in [0.1, 0.15) is 4.90 Å². The molecule has 1 aromatic carbocycles. The summed E-state index contributed by atoms with van der Waals surface area (Å²) in [6.07, 6.45) is 3.92. The summed E-state index contributed by atoms with van der Waals surface area (Å²) < 4.78 is 58.3. The van der Waals surface area contributed by atoms with Crippen molar-refractivity contribution < 1.29 is 21.6 Å². The number of rotatable bonds is 6. The van der Waals surface area contributed by atoms with Gasteiger partial charge in [0.2, 0.25) is 10.0 Å². The first-order valence-corrected chi connectivity index (χ1v) is 10.4. The second kappa shape index (κ2) is 6.67. The molecule has 0 bridgehead atoms. The quantitative estimate of drug-likeness (QED) is 0.824. The van der Waals surface area contributed by atoms with Crippen LogP contribution in [-0.2, 0) is 24.8 Å². The van der Waals surface area contributed by atoms with Crippen LogP contribution in [0.25, 0.3) is 0 Å². The fourth-order valence-corrected chi connectivity index (χ4v) is 4.82. The first kappa shape index (κ1) is 17.2. The second-order valence-electron chi connectivity index (χ2n) is 5.48. The van der Waals surface area contributed by atoms with Gasteiger partial charge in [-0.1, -0.05) is 18.2 Å². The Morgan fingerprint density at radius 3 is 2.50 bits per heavy atom. The van der Waals surface area contributed by atoms with E-state index in [0.717, 1.165) is 23.0 Å². The normalized spacial score (nSPS) is 18.8. The maximum absolute atomic E-state index is 12.5. The highest BCUT2D eigenvalue weighted by Crippen LogP contribution is 2.18. The summed E-state index contributed by atoms with van der Waals surface area (Å²) in [5.74, 6) is 0. The van der Waals surface area contributed by atoms with Crippen LogP contribution < -0.4 is 4.72 Å². The Bertz CT molecular complexity index is 898. The number of ether oxygens (including phenoxy) is 1. The summed E-state index contributed by atoms with van der Waals surface area (Å²) in [7, 11) is -7.59. The minimum atomic E-state index is -3.81. The van der Waals surface area contributed by atoms with E-state index in [1.807, 2.05) is 0 Å². The molecule has 1 saturated heterocycles. The lowest BCUT2D eigenvalue weighted by molar-refractivity contribution is 0.114. The van der Waals surface area contributed by atoms with Crippen LogP contribution in [0.3, 0.4) is 0 Å². The predicted octanol–water partition coefficient (Wildman–Crippen LogP) is 1.18. The van der Waals surface area contributed by atoms with Gasteiger partial charge in [-0.05, 0) is 31.0 Å². The van der Waals surface area contributed by atoms with Crippen molar-refractivity contribution in [3.05, 3.63) is 48.8 Å². The molecule has 2 aromatic rings. The van der Waals surface area contributed by atoms with Gasteiger partial charge in [0.15, 0.2) is 0 Å². The molecule has 1 N–H and O–H groups in total. The molecule has 1 aliphatic rings. The topological polar surface area (TPSA) is 94.5 Å². The van der Waals surface area contributed by atoms with Crippen LogP contribution in [0.2, 0.25) is 0 Å². The lowest BCUT2D eigenvalue weighted by atomic mass is 10.2. The third-order valence-electron chi connectivity index (χ3n) is 3.79. The minimum absolute atomic E-state index is 0.0943. The Morgan fingerprint density at radius 1 is 1.08 bits per heavy atom. The van der Waals surface area contributed by atoms with Gasteiger partial charge < -0.3 is 4.74 Å². The van der Waals surface area contributed by atoms with Crippen molar-refractivity contribution in [2.45, 2.75) is 28.7 Å². The molecule has 1 aromatic heterocycles. The van der Waals surface area contributed by atoms with Crippen molar-refractivity contribution >= 4 is 20.0 Å². The van der Waals surface area contributed by atoms with E-state index in [0.29, 0.717) is 6.61 Å². The lowest BCUT2D eigenvalue weighted by Gasteiger charge is -2.10. The van der Waals surface area contributed by atoms with Crippen LogP contribution in [0.5, 0.6) is 0 Å². The first-order valence-electron chi connectivity index (χ1n) is 7.49. The van der Waals surface area contributed by atoms with E-state index in [1.54, 1.807) is 18.2 Å². The van der Waals surface area contributed by atoms with Gasteiger partial charge in [-0.2, -0.15) is 0 Å². The number of hydrogen-bond donors (Lipinski definition) is 1. The van der Waals surface area contributed by atoms with Gasteiger partial charge >= 0.3 is 0 Å². The molecule has 0 saturated carbocycles. The smallest absolute Gasteiger partial charge is 0.267 e. The Balaban J connectivity index is 1.79. The molecule has 0 radical (unpaired) electrons. The van der Waals surface area contributed by atoms with Crippen LogP contribution in [-0.4, -0.2) is 40.1 Å².